The van der Waals surface area contributed by atoms with Crippen LogP contribution in [-0.2, 0) is 19.5 Å². The quantitative estimate of drug-likeness (QED) is 0.632. The number of likely N-dealkylation sites (N-methyl/N-ethyl adjacent to an activating group) is 1. The molecule has 0 saturated heterocycles. The zero-order valence-electron chi connectivity index (χ0n) is 14.2. The van der Waals surface area contributed by atoms with Crippen LogP contribution in [0.2, 0.25) is 5.02 Å². The van der Waals surface area contributed by atoms with Crippen LogP contribution in [0.3, 0.4) is 0 Å². The summed E-state index contributed by atoms with van der Waals surface area (Å²) in [5.74, 6) is -0.224. The van der Waals surface area contributed by atoms with Crippen LogP contribution in [0, 0.1) is 5.82 Å². The van der Waals surface area contributed by atoms with Crippen molar-refractivity contribution >= 4 is 28.1 Å². The minimum Gasteiger partial charge on any atom is -0.340 e. The number of benzene rings is 2. The highest BCUT2D eigenvalue weighted by Crippen LogP contribution is 2.33. The monoisotopic (exact) mass is 354 g/mol. The maximum absolute atomic E-state index is 13.2. The lowest BCUT2D eigenvalue weighted by atomic mass is 10.0. The van der Waals surface area contributed by atoms with E-state index in [9.17, 15) is 4.39 Å². The molecule has 3 aromatic rings. The first-order chi connectivity index (χ1) is 12.0. The van der Waals surface area contributed by atoms with Crippen LogP contribution >= 0.6 is 11.6 Å². The van der Waals surface area contributed by atoms with Crippen LogP contribution in [0.1, 0.15) is 16.8 Å². The van der Waals surface area contributed by atoms with Gasteiger partial charge in [-0.05, 0) is 54.1 Å². The number of rotatable bonds is 3. The molecule has 0 unspecified atom stereocenters. The number of nitrogens with zero attached hydrogens (tertiary/aromatic N) is 2. The summed E-state index contributed by atoms with van der Waals surface area (Å²) in [6.07, 6.45) is 1.01. The Kier molecular flexibility index (Phi) is 4.14. The molecule has 2 aromatic carbocycles. The van der Waals surface area contributed by atoms with Crippen LogP contribution in [0.4, 0.5) is 4.39 Å². The molecule has 0 fully saturated rings. The largest absolute Gasteiger partial charge is 0.340 e. The molecule has 0 saturated carbocycles. The van der Waals surface area contributed by atoms with Gasteiger partial charge >= 0.3 is 0 Å². The van der Waals surface area contributed by atoms with Crippen molar-refractivity contribution < 1.29 is 4.39 Å². The van der Waals surface area contributed by atoms with Gasteiger partial charge in [-0.25, -0.2) is 4.39 Å². The topological polar surface area (TPSA) is 8.17 Å². The second-order valence-electron chi connectivity index (χ2n) is 6.77. The normalized spacial score (nSPS) is 14.7. The van der Waals surface area contributed by atoms with E-state index in [2.05, 4.69) is 35.2 Å². The van der Waals surface area contributed by atoms with Crippen molar-refractivity contribution in [1.82, 2.24) is 9.47 Å². The number of hydrogen-bond acceptors (Lipinski definition) is 1. The maximum atomic E-state index is 13.2. The highest BCUT2D eigenvalue weighted by Gasteiger charge is 2.22. The number of halogens is 2. The summed E-state index contributed by atoms with van der Waals surface area (Å²) in [6.45, 7) is 6.91. The molecule has 0 radical (unpaired) electrons. The zero-order valence-corrected chi connectivity index (χ0v) is 15.0. The highest BCUT2D eigenvalue weighted by molar-refractivity contribution is 6.31. The molecule has 1 aliphatic heterocycles. The van der Waals surface area contributed by atoms with Crippen molar-refractivity contribution in [3.05, 3.63) is 76.7 Å². The summed E-state index contributed by atoms with van der Waals surface area (Å²) in [5.41, 5.74) is 5.86. The smallest absolute Gasteiger partial charge is 0.123 e. The van der Waals surface area contributed by atoms with Crippen LogP contribution in [0.25, 0.3) is 16.5 Å². The van der Waals surface area contributed by atoms with Crippen LogP contribution in [0.15, 0.2) is 49.0 Å². The zero-order chi connectivity index (χ0) is 17.6. The van der Waals surface area contributed by atoms with E-state index in [1.165, 1.54) is 34.3 Å². The van der Waals surface area contributed by atoms with E-state index in [4.69, 9.17) is 11.6 Å². The first-order valence-electron chi connectivity index (χ1n) is 8.44. The van der Waals surface area contributed by atoms with Gasteiger partial charge in [0, 0.05) is 47.7 Å². The fraction of sp³-hybridized carbons (Fsp3) is 0.238. The fourth-order valence-corrected chi connectivity index (χ4v) is 3.88. The lowest BCUT2D eigenvalue weighted by molar-refractivity contribution is 0.310. The van der Waals surface area contributed by atoms with E-state index in [1.807, 2.05) is 6.07 Å². The summed E-state index contributed by atoms with van der Waals surface area (Å²) in [7, 11) is 2.15. The Balaban J connectivity index is 1.79. The second kappa shape index (κ2) is 6.32. The average Bonchev–Trinajstić information content (AvgIpc) is 2.88. The van der Waals surface area contributed by atoms with Gasteiger partial charge < -0.3 is 9.47 Å². The molecule has 0 bridgehead atoms. The summed E-state index contributed by atoms with van der Waals surface area (Å²) in [4.78, 5) is 2.34. The number of fused-ring (bicyclic) bond motifs is 3. The Bertz CT molecular complexity index is 956. The fourth-order valence-electron chi connectivity index (χ4n) is 3.71. The van der Waals surface area contributed by atoms with Gasteiger partial charge in [0.05, 0.1) is 0 Å². The van der Waals surface area contributed by atoms with Crippen LogP contribution < -0.4 is 0 Å². The molecule has 2 heterocycles. The summed E-state index contributed by atoms with van der Waals surface area (Å²) in [6, 6.07) is 12.6. The Morgan fingerprint density at radius 2 is 1.96 bits per heavy atom. The third-order valence-electron chi connectivity index (χ3n) is 5.01. The molecule has 0 amide bonds. The first kappa shape index (κ1) is 16.4. The van der Waals surface area contributed by atoms with Crippen molar-refractivity contribution in [1.29, 1.82) is 0 Å². The van der Waals surface area contributed by atoms with Gasteiger partial charge in [0.2, 0.25) is 0 Å². The number of hydrogen-bond donors (Lipinski definition) is 0. The molecule has 4 heteroatoms. The molecule has 25 heavy (non-hydrogen) atoms. The Labute approximate surface area is 152 Å². The van der Waals surface area contributed by atoms with Gasteiger partial charge in [-0.15, -0.1) is 0 Å². The molecular weight excluding hydrogens is 335 g/mol. The molecule has 1 aliphatic rings. The molecule has 0 aliphatic carbocycles. The first-order valence-corrected chi connectivity index (χ1v) is 8.82. The van der Waals surface area contributed by atoms with Gasteiger partial charge in [0.1, 0.15) is 5.82 Å². The van der Waals surface area contributed by atoms with E-state index in [0.717, 1.165) is 35.7 Å². The minimum atomic E-state index is -0.224. The van der Waals surface area contributed by atoms with Crippen LogP contribution in [0.5, 0.6) is 0 Å². The molecule has 0 atom stereocenters. The SMILES string of the molecule is C=C(Cn1c2c(c3cc(Cl)ccc31)CN(C)CC2)c1ccc(F)cc1. The summed E-state index contributed by atoms with van der Waals surface area (Å²) >= 11 is 6.25. The maximum Gasteiger partial charge on any atom is 0.123 e. The molecule has 1 aromatic heterocycles. The van der Waals surface area contributed by atoms with Crippen molar-refractivity contribution in [2.45, 2.75) is 19.5 Å². The Hall–Kier alpha value is -2.10. The molecule has 4 rings (SSSR count). The predicted molar refractivity (Wildman–Crippen MR) is 102 cm³/mol. The van der Waals surface area contributed by atoms with Gasteiger partial charge in [0.25, 0.3) is 0 Å². The van der Waals surface area contributed by atoms with Crippen molar-refractivity contribution in [3.8, 4) is 0 Å². The molecular formula is C21H20ClFN2. The van der Waals surface area contributed by atoms with Gasteiger partial charge in [-0.1, -0.05) is 30.3 Å². The molecule has 0 N–H and O–H groups in total. The lowest BCUT2D eigenvalue weighted by Crippen LogP contribution is -2.27. The number of allylic oxidation sites excluding steroid dienone is 1. The Morgan fingerprint density at radius 1 is 1.20 bits per heavy atom. The van der Waals surface area contributed by atoms with E-state index in [-0.39, 0.29) is 5.82 Å². The van der Waals surface area contributed by atoms with E-state index < -0.39 is 0 Å². The summed E-state index contributed by atoms with van der Waals surface area (Å²) in [5, 5.41) is 1.99. The lowest BCUT2D eigenvalue weighted by Gasteiger charge is -2.24. The van der Waals surface area contributed by atoms with Gasteiger partial charge in [-0.3, -0.25) is 0 Å². The van der Waals surface area contributed by atoms with Gasteiger partial charge in [-0.2, -0.15) is 0 Å². The minimum absolute atomic E-state index is 0.224. The van der Waals surface area contributed by atoms with E-state index in [0.29, 0.717) is 6.54 Å². The van der Waals surface area contributed by atoms with Crippen LogP contribution in [-0.4, -0.2) is 23.1 Å². The van der Waals surface area contributed by atoms with E-state index >= 15 is 0 Å². The van der Waals surface area contributed by atoms with Crippen molar-refractivity contribution in [2.75, 3.05) is 13.6 Å². The average molecular weight is 355 g/mol. The highest BCUT2D eigenvalue weighted by atomic mass is 35.5. The van der Waals surface area contributed by atoms with Gasteiger partial charge in [0.15, 0.2) is 0 Å². The third kappa shape index (κ3) is 2.99. The Morgan fingerprint density at radius 3 is 2.72 bits per heavy atom. The predicted octanol–water partition coefficient (Wildman–Crippen LogP) is 5.14. The third-order valence-corrected chi connectivity index (χ3v) is 5.24. The summed E-state index contributed by atoms with van der Waals surface area (Å²) < 4.78 is 15.5. The number of aromatic nitrogens is 1. The van der Waals surface area contributed by atoms with Crippen molar-refractivity contribution in [2.24, 2.45) is 0 Å². The van der Waals surface area contributed by atoms with Crippen molar-refractivity contribution in [3.63, 3.8) is 0 Å². The molecule has 128 valence electrons. The molecule has 2 nitrogen and oxygen atoms in total. The van der Waals surface area contributed by atoms with E-state index in [1.54, 1.807) is 12.1 Å². The molecule has 0 spiro atoms. The standard InChI is InChI=1S/C21H20ClFN2/c1-14(15-3-6-17(23)7-4-15)12-25-20-8-5-16(22)11-18(20)19-13-24(2)10-9-21(19)25/h3-8,11H,1,9-10,12-13H2,2H3. The second-order valence-corrected chi connectivity index (χ2v) is 7.21.